The number of hydrogen-bond donors (Lipinski definition) is 4. The van der Waals surface area contributed by atoms with Crippen molar-refractivity contribution in [2.45, 2.75) is 59.6 Å². The maximum absolute atomic E-state index is 11.9. The number of halogens is 1. The highest BCUT2D eigenvalue weighted by Gasteiger charge is 2.24. The molecule has 0 radical (unpaired) electrons. The van der Waals surface area contributed by atoms with Crippen LogP contribution in [0.1, 0.15) is 48.5 Å². The number of rotatable bonds is 7. The molecular weight excluding hydrogens is 423 g/mol. The highest BCUT2D eigenvalue weighted by molar-refractivity contribution is 14.0. The lowest BCUT2D eigenvalue weighted by molar-refractivity contribution is 0.0476. The van der Waals surface area contributed by atoms with Gasteiger partial charge in [0.2, 0.25) is 0 Å². The largest absolute Gasteiger partial charge is 0.444 e. The van der Waals surface area contributed by atoms with Gasteiger partial charge in [0.1, 0.15) is 5.60 Å². The molecule has 1 unspecified atom stereocenters. The number of aliphatic imine (C=N–C) groups is 1. The van der Waals surface area contributed by atoms with E-state index in [1.54, 1.807) is 0 Å². The molecule has 0 fully saturated rings. The Kier molecular flexibility index (Phi) is 12.4. The van der Waals surface area contributed by atoms with Crippen molar-refractivity contribution in [3.05, 3.63) is 0 Å². The molecule has 0 aromatic heterocycles. The average molecular weight is 458 g/mol. The molecule has 0 saturated carbocycles. The third-order valence-corrected chi connectivity index (χ3v) is 2.75. The van der Waals surface area contributed by atoms with Crippen LogP contribution in [0.4, 0.5) is 4.79 Å². The summed E-state index contributed by atoms with van der Waals surface area (Å²) in [6.07, 6.45) is -0.454. The maximum Gasteiger partial charge on any atom is 0.408 e. The Labute approximate surface area is 163 Å². The van der Waals surface area contributed by atoms with Crippen molar-refractivity contribution in [3.63, 3.8) is 0 Å². The molecule has 0 bridgehead atoms. The lowest BCUT2D eigenvalue weighted by atomic mass is 10.1. The first-order valence-corrected chi connectivity index (χ1v) is 8.13. The molecule has 0 aromatic carbocycles. The lowest BCUT2D eigenvalue weighted by Crippen LogP contribution is -2.49. The van der Waals surface area contributed by atoms with Gasteiger partial charge in [0, 0.05) is 19.7 Å². The second-order valence-electron chi connectivity index (χ2n) is 7.37. The first-order chi connectivity index (χ1) is 10.5. The number of amides is 1. The summed E-state index contributed by atoms with van der Waals surface area (Å²) in [5.41, 5.74) is -1.06. The van der Waals surface area contributed by atoms with E-state index in [1.165, 1.54) is 0 Å². The normalized spacial score (nSPS) is 13.6. The van der Waals surface area contributed by atoms with Crippen LogP contribution in [0.25, 0.3) is 0 Å². The zero-order valence-electron chi connectivity index (χ0n) is 16.0. The molecule has 0 aliphatic rings. The molecule has 0 aliphatic carbocycles. The molecule has 0 saturated heterocycles. The van der Waals surface area contributed by atoms with E-state index in [4.69, 9.17) is 9.84 Å². The van der Waals surface area contributed by atoms with Crippen LogP contribution in [-0.4, -0.2) is 54.5 Å². The van der Waals surface area contributed by atoms with Crippen LogP contribution in [0.3, 0.4) is 0 Å². The minimum atomic E-state index is -0.534. The second-order valence-corrected chi connectivity index (χ2v) is 7.37. The maximum atomic E-state index is 11.9. The van der Waals surface area contributed by atoms with E-state index in [2.05, 4.69) is 20.9 Å². The number of alkyl carbamates (subject to hydrolysis) is 1. The van der Waals surface area contributed by atoms with Crippen LogP contribution < -0.4 is 16.0 Å². The van der Waals surface area contributed by atoms with E-state index in [0.29, 0.717) is 19.0 Å². The Morgan fingerprint density at radius 2 is 1.79 bits per heavy atom. The summed E-state index contributed by atoms with van der Waals surface area (Å²) in [7, 11) is 0. The Hall–Kier alpha value is -0.770. The van der Waals surface area contributed by atoms with Crippen LogP contribution in [0.2, 0.25) is 0 Å². The van der Waals surface area contributed by atoms with Gasteiger partial charge in [-0.1, -0.05) is 6.92 Å². The van der Waals surface area contributed by atoms with Gasteiger partial charge in [-0.3, -0.25) is 4.99 Å². The Morgan fingerprint density at radius 1 is 1.21 bits per heavy atom. The summed E-state index contributed by atoms with van der Waals surface area (Å²) < 4.78 is 5.26. The number of hydrogen-bond acceptors (Lipinski definition) is 4. The number of nitrogens with one attached hydrogen (secondary N) is 3. The molecule has 0 aromatic rings. The molecule has 0 spiro atoms. The van der Waals surface area contributed by atoms with Crippen LogP contribution >= 0.6 is 24.0 Å². The van der Waals surface area contributed by atoms with Gasteiger partial charge < -0.3 is 25.8 Å². The predicted octanol–water partition coefficient (Wildman–Crippen LogP) is 2.09. The van der Waals surface area contributed by atoms with Gasteiger partial charge in [-0.2, -0.15) is 0 Å². The van der Waals surface area contributed by atoms with Crippen LogP contribution in [-0.2, 0) is 4.74 Å². The molecule has 24 heavy (non-hydrogen) atoms. The summed E-state index contributed by atoms with van der Waals surface area (Å²) in [5.74, 6) is 0.804. The quantitative estimate of drug-likeness (QED) is 0.266. The summed E-state index contributed by atoms with van der Waals surface area (Å²) in [5, 5.41) is 18.2. The minimum absolute atomic E-state index is 0. The lowest BCUT2D eigenvalue weighted by Gasteiger charge is -2.27. The van der Waals surface area contributed by atoms with Crippen LogP contribution in [0.5, 0.6) is 0 Å². The second kappa shape index (κ2) is 11.7. The summed E-state index contributed by atoms with van der Waals surface area (Å²) in [4.78, 5) is 16.3. The van der Waals surface area contributed by atoms with Crippen molar-refractivity contribution < 1.29 is 14.6 Å². The number of nitrogens with zero attached hydrogens (tertiary/aromatic N) is 1. The highest BCUT2D eigenvalue weighted by Crippen LogP contribution is 2.09. The standard InChI is InChI=1S/C16H34N4O3.HI/c1-8-17-13(18-9-12(2)10-21)19-11-16(6,7)20-14(22)23-15(3,4)5;/h12,21H,8-11H2,1-7H3,(H,20,22)(H2,17,18,19);1H. The monoisotopic (exact) mass is 458 g/mol. The fourth-order valence-electron chi connectivity index (χ4n) is 1.57. The zero-order valence-corrected chi connectivity index (χ0v) is 18.4. The fraction of sp³-hybridized carbons (Fsp3) is 0.875. The molecule has 0 heterocycles. The number of guanidine groups is 1. The zero-order chi connectivity index (χ0) is 18.1. The van der Waals surface area contributed by atoms with Crippen molar-refractivity contribution in [2.75, 3.05) is 26.2 Å². The number of ether oxygens (including phenoxy) is 1. The predicted molar refractivity (Wildman–Crippen MR) is 109 cm³/mol. The topological polar surface area (TPSA) is 95.0 Å². The van der Waals surface area contributed by atoms with Crippen molar-refractivity contribution in [1.82, 2.24) is 16.0 Å². The van der Waals surface area contributed by atoms with Gasteiger partial charge >= 0.3 is 6.09 Å². The summed E-state index contributed by atoms with van der Waals surface area (Å²) >= 11 is 0. The van der Waals surface area contributed by atoms with Crippen molar-refractivity contribution >= 4 is 36.0 Å². The van der Waals surface area contributed by atoms with Crippen LogP contribution in [0.15, 0.2) is 4.99 Å². The van der Waals surface area contributed by atoms with E-state index in [9.17, 15) is 4.79 Å². The van der Waals surface area contributed by atoms with E-state index < -0.39 is 17.2 Å². The average Bonchev–Trinajstić information content (AvgIpc) is 2.38. The highest BCUT2D eigenvalue weighted by atomic mass is 127. The third kappa shape index (κ3) is 13.6. The van der Waals surface area contributed by atoms with E-state index >= 15 is 0 Å². The number of aliphatic hydroxyl groups is 1. The van der Waals surface area contributed by atoms with Crippen molar-refractivity contribution in [3.8, 4) is 0 Å². The van der Waals surface area contributed by atoms with Gasteiger partial charge in [-0.25, -0.2) is 4.79 Å². The van der Waals surface area contributed by atoms with E-state index in [-0.39, 0.29) is 36.5 Å². The van der Waals surface area contributed by atoms with Gasteiger partial charge in [0.15, 0.2) is 5.96 Å². The van der Waals surface area contributed by atoms with Crippen LogP contribution in [0, 0.1) is 5.92 Å². The summed E-state index contributed by atoms with van der Waals surface area (Å²) in [6.45, 7) is 15.1. The minimum Gasteiger partial charge on any atom is -0.444 e. The molecule has 1 amide bonds. The van der Waals surface area contributed by atoms with E-state index in [1.807, 2.05) is 48.5 Å². The molecule has 7 nitrogen and oxygen atoms in total. The van der Waals surface area contributed by atoms with Gasteiger partial charge in [-0.15, -0.1) is 24.0 Å². The van der Waals surface area contributed by atoms with E-state index in [0.717, 1.165) is 6.54 Å². The van der Waals surface area contributed by atoms with Crippen molar-refractivity contribution in [1.29, 1.82) is 0 Å². The first kappa shape index (κ1) is 25.5. The van der Waals surface area contributed by atoms with Gasteiger partial charge in [-0.05, 0) is 47.5 Å². The Balaban J connectivity index is 0. The smallest absolute Gasteiger partial charge is 0.408 e. The molecule has 4 N–H and O–H groups in total. The molecule has 0 rings (SSSR count). The Morgan fingerprint density at radius 3 is 2.25 bits per heavy atom. The summed E-state index contributed by atoms with van der Waals surface area (Å²) in [6, 6.07) is 0. The third-order valence-electron chi connectivity index (χ3n) is 2.75. The first-order valence-electron chi connectivity index (χ1n) is 8.13. The Bertz CT molecular complexity index is 395. The molecule has 8 heteroatoms. The number of carbonyl (C=O) groups is 1. The van der Waals surface area contributed by atoms with Gasteiger partial charge in [0.05, 0.1) is 12.1 Å². The molecule has 144 valence electrons. The molecular formula is C16H35IN4O3. The fourth-order valence-corrected chi connectivity index (χ4v) is 1.57. The number of aliphatic hydroxyl groups excluding tert-OH is 1. The number of carbonyl (C=O) groups excluding carboxylic acids is 1. The van der Waals surface area contributed by atoms with Crippen molar-refractivity contribution in [2.24, 2.45) is 10.9 Å². The molecule has 1 atom stereocenters. The van der Waals surface area contributed by atoms with Gasteiger partial charge in [0.25, 0.3) is 0 Å². The SMILES string of the molecule is CCNC(=NCC(C)(C)NC(=O)OC(C)(C)C)NCC(C)CO.I. The molecule has 0 aliphatic heterocycles.